The lowest BCUT2D eigenvalue weighted by molar-refractivity contribution is 0.304. The number of halogens is 2. The standard InChI is InChI=1S/C12H18BrClN2O2S/c1-12(2,3)11(7-15)16-19(17,18)8-4-5-10(14)9(13)6-8/h4-6,11,16H,7,15H2,1-3H3. The lowest BCUT2D eigenvalue weighted by Crippen LogP contribution is -2.48. The average molecular weight is 370 g/mol. The van der Waals surface area contributed by atoms with Crippen LogP contribution >= 0.6 is 27.5 Å². The van der Waals surface area contributed by atoms with E-state index in [0.29, 0.717) is 9.50 Å². The van der Waals surface area contributed by atoms with Crippen molar-refractivity contribution in [1.29, 1.82) is 0 Å². The highest BCUT2D eigenvalue weighted by Crippen LogP contribution is 2.26. The first-order valence-electron chi connectivity index (χ1n) is 5.75. The summed E-state index contributed by atoms with van der Waals surface area (Å²) < 4.78 is 27.7. The Morgan fingerprint density at radius 2 is 2.00 bits per heavy atom. The van der Waals surface area contributed by atoms with Crippen molar-refractivity contribution in [3.63, 3.8) is 0 Å². The van der Waals surface area contributed by atoms with E-state index in [2.05, 4.69) is 20.7 Å². The summed E-state index contributed by atoms with van der Waals surface area (Å²) in [6, 6.07) is 4.13. The molecule has 1 rings (SSSR count). The third-order valence-electron chi connectivity index (χ3n) is 2.78. The van der Waals surface area contributed by atoms with E-state index in [1.807, 2.05) is 20.8 Å². The number of nitrogens with one attached hydrogen (secondary N) is 1. The van der Waals surface area contributed by atoms with Gasteiger partial charge in [0.05, 0.1) is 9.92 Å². The molecule has 19 heavy (non-hydrogen) atoms. The van der Waals surface area contributed by atoms with Gasteiger partial charge in [-0.05, 0) is 39.5 Å². The van der Waals surface area contributed by atoms with Gasteiger partial charge in [-0.15, -0.1) is 0 Å². The molecule has 1 aromatic rings. The summed E-state index contributed by atoms with van der Waals surface area (Å²) in [5.41, 5.74) is 5.38. The smallest absolute Gasteiger partial charge is 0.240 e. The quantitative estimate of drug-likeness (QED) is 0.857. The summed E-state index contributed by atoms with van der Waals surface area (Å²) >= 11 is 9.07. The Morgan fingerprint density at radius 1 is 1.42 bits per heavy atom. The Balaban J connectivity index is 3.07. The maximum Gasteiger partial charge on any atom is 0.240 e. The number of sulfonamides is 1. The van der Waals surface area contributed by atoms with E-state index in [-0.39, 0.29) is 22.9 Å². The van der Waals surface area contributed by atoms with E-state index < -0.39 is 10.0 Å². The maximum atomic E-state index is 12.3. The molecule has 108 valence electrons. The molecular weight excluding hydrogens is 352 g/mol. The molecule has 3 N–H and O–H groups in total. The van der Waals surface area contributed by atoms with Crippen molar-refractivity contribution in [3.05, 3.63) is 27.7 Å². The summed E-state index contributed by atoms with van der Waals surface area (Å²) in [5.74, 6) is 0. The second kappa shape index (κ2) is 6.10. The molecule has 0 amide bonds. The summed E-state index contributed by atoms with van der Waals surface area (Å²) in [6.45, 7) is 6.04. The second-order valence-electron chi connectivity index (χ2n) is 5.35. The topological polar surface area (TPSA) is 72.2 Å². The normalized spacial score (nSPS) is 14.4. The van der Waals surface area contributed by atoms with Crippen LogP contribution in [0.3, 0.4) is 0 Å². The monoisotopic (exact) mass is 368 g/mol. The van der Waals surface area contributed by atoms with Crippen LogP contribution in [-0.4, -0.2) is 21.0 Å². The molecule has 1 aromatic carbocycles. The highest BCUT2D eigenvalue weighted by molar-refractivity contribution is 9.10. The largest absolute Gasteiger partial charge is 0.329 e. The van der Waals surface area contributed by atoms with Crippen LogP contribution in [0.2, 0.25) is 5.02 Å². The molecule has 0 heterocycles. The molecule has 0 aliphatic rings. The summed E-state index contributed by atoms with van der Waals surface area (Å²) in [5, 5.41) is 0.463. The Kier molecular flexibility index (Phi) is 5.43. The molecule has 0 saturated carbocycles. The number of benzene rings is 1. The first kappa shape index (κ1) is 16.9. The van der Waals surface area contributed by atoms with Gasteiger partial charge < -0.3 is 5.73 Å². The number of hydrogen-bond donors (Lipinski definition) is 2. The zero-order chi connectivity index (χ0) is 14.8. The Labute approximate surface area is 127 Å². The highest BCUT2D eigenvalue weighted by atomic mass is 79.9. The number of nitrogens with two attached hydrogens (primary N) is 1. The predicted molar refractivity (Wildman–Crippen MR) is 81.8 cm³/mol. The number of rotatable bonds is 4. The van der Waals surface area contributed by atoms with Gasteiger partial charge in [0, 0.05) is 17.1 Å². The van der Waals surface area contributed by atoms with Crippen LogP contribution in [0.15, 0.2) is 27.6 Å². The van der Waals surface area contributed by atoms with Crippen molar-refractivity contribution < 1.29 is 8.42 Å². The molecule has 0 radical (unpaired) electrons. The molecule has 1 unspecified atom stereocenters. The Hall–Kier alpha value is -0.140. The van der Waals surface area contributed by atoms with Crippen LogP contribution in [0.5, 0.6) is 0 Å². The third-order valence-corrected chi connectivity index (χ3v) is 5.46. The van der Waals surface area contributed by atoms with Gasteiger partial charge in [-0.3, -0.25) is 0 Å². The zero-order valence-electron chi connectivity index (χ0n) is 11.1. The fraction of sp³-hybridized carbons (Fsp3) is 0.500. The third kappa shape index (κ3) is 4.43. The van der Waals surface area contributed by atoms with Crippen LogP contribution in [0.1, 0.15) is 20.8 Å². The minimum atomic E-state index is -3.61. The van der Waals surface area contributed by atoms with Crippen molar-refractivity contribution in [1.82, 2.24) is 4.72 Å². The second-order valence-corrected chi connectivity index (χ2v) is 8.33. The lowest BCUT2D eigenvalue weighted by atomic mass is 9.88. The van der Waals surface area contributed by atoms with Gasteiger partial charge in [0.2, 0.25) is 10.0 Å². The fourth-order valence-corrected chi connectivity index (χ4v) is 3.61. The minimum Gasteiger partial charge on any atom is -0.329 e. The van der Waals surface area contributed by atoms with Gasteiger partial charge >= 0.3 is 0 Å². The van der Waals surface area contributed by atoms with Crippen LogP contribution in [0.4, 0.5) is 0 Å². The van der Waals surface area contributed by atoms with Gasteiger partial charge in [0.25, 0.3) is 0 Å². The van der Waals surface area contributed by atoms with Gasteiger partial charge in [-0.1, -0.05) is 32.4 Å². The van der Waals surface area contributed by atoms with Crippen LogP contribution in [-0.2, 0) is 10.0 Å². The van der Waals surface area contributed by atoms with Crippen molar-refractivity contribution in [2.45, 2.75) is 31.7 Å². The van der Waals surface area contributed by atoms with Gasteiger partial charge in [0.15, 0.2) is 0 Å². The fourth-order valence-electron chi connectivity index (χ4n) is 1.48. The lowest BCUT2D eigenvalue weighted by Gasteiger charge is -2.30. The van der Waals surface area contributed by atoms with Crippen molar-refractivity contribution in [2.24, 2.45) is 11.1 Å². The predicted octanol–water partition coefficient (Wildman–Crippen LogP) is 2.75. The van der Waals surface area contributed by atoms with E-state index in [9.17, 15) is 8.42 Å². The molecule has 0 saturated heterocycles. The van der Waals surface area contributed by atoms with Crippen molar-refractivity contribution in [2.75, 3.05) is 6.54 Å². The molecule has 7 heteroatoms. The van der Waals surface area contributed by atoms with E-state index in [1.165, 1.54) is 18.2 Å². The molecule has 0 aromatic heterocycles. The molecule has 0 fully saturated rings. The van der Waals surface area contributed by atoms with Crippen LogP contribution in [0.25, 0.3) is 0 Å². The number of hydrogen-bond acceptors (Lipinski definition) is 3. The zero-order valence-corrected chi connectivity index (χ0v) is 14.2. The van der Waals surface area contributed by atoms with E-state index in [1.54, 1.807) is 0 Å². The van der Waals surface area contributed by atoms with E-state index in [4.69, 9.17) is 17.3 Å². The van der Waals surface area contributed by atoms with E-state index >= 15 is 0 Å². The molecular formula is C12H18BrClN2O2S. The van der Waals surface area contributed by atoms with Crippen LogP contribution < -0.4 is 10.5 Å². The Bertz CT molecular complexity index is 555. The SMILES string of the molecule is CC(C)(C)C(CN)NS(=O)(=O)c1ccc(Cl)c(Br)c1. The minimum absolute atomic E-state index is 0.159. The molecule has 0 aliphatic carbocycles. The van der Waals surface area contributed by atoms with Gasteiger partial charge in [-0.25, -0.2) is 13.1 Å². The first-order valence-corrected chi connectivity index (χ1v) is 8.41. The summed E-state index contributed by atoms with van der Waals surface area (Å²) in [6.07, 6.45) is 0. The maximum absolute atomic E-state index is 12.3. The Morgan fingerprint density at radius 3 is 2.42 bits per heavy atom. The van der Waals surface area contributed by atoms with Crippen molar-refractivity contribution >= 4 is 37.6 Å². The summed E-state index contributed by atoms with van der Waals surface area (Å²) in [7, 11) is -3.61. The molecule has 1 atom stereocenters. The first-order chi connectivity index (χ1) is 8.58. The molecule has 0 aliphatic heterocycles. The average Bonchev–Trinajstić information content (AvgIpc) is 2.28. The molecule has 4 nitrogen and oxygen atoms in total. The summed E-state index contributed by atoms with van der Waals surface area (Å²) in [4.78, 5) is 0.159. The highest BCUT2D eigenvalue weighted by Gasteiger charge is 2.28. The molecule has 0 bridgehead atoms. The van der Waals surface area contributed by atoms with E-state index in [0.717, 1.165) is 0 Å². The van der Waals surface area contributed by atoms with Crippen molar-refractivity contribution in [3.8, 4) is 0 Å². The van der Waals surface area contributed by atoms with Gasteiger partial charge in [0.1, 0.15) is 0 Å². The van der Waals surface area contributed by atoms with Crippen LogP contribution in [0, 0.1) is 5.41 Å². The molecule has 0 spiro atoms. The van der Waals surface area contributed by atoms with Gasteiger partial charge in [-0.2, -0.15) is 0 Å².